The maximum atomic E-state index is 6.21. The summed E-state index contributed by atoms with van der Waals surface area (Å²) in [5.41, 5.74) is 17.0. The molecule has 0 N–H and O–H groups in total. The molecule has 0 aliphatic heterocycles. The summed E-state index contributed by atoms with van der Waals surface area (Å²) in [4.78, 5) is 2.34. The molecule has 0 bridgehead atoms. The average Bonchev–Trinajstić information content (AvgIpc) is 3.76. The van der Waals surface area contributed by atoms with Crippen LogP contribution < -0.4 is 4.90 Å². The van der Waals surface area contributed by atoms with Crippen LogP contribution in [0, 0.1) is 0 Å². The first-order valence-electron chi connectivity index (χ1n) is 19.7. The highest BCUT2D eigenvalue weighted by atomic mass is 16.3. The smallest absolute Gasteiger partial charge is 0.135 e. The van der Waals surface area contributed by atoms with Gasteiger partial charge in [-0.05, 0) is 128 Å². The monoisotopic (exact) mass is 741 g/mol. The lowest BCUT2D eigenvalue weighted by molar-refractivity contribution is 0.631. The number of furan rings is 1. The fraction of sp³-hybridized carbons (Fsp3) is 0. The standard InChI is InChI=1S/C56H39NO/c1-4-13-40(14-5-1)43-23-29-52(30-24-43)57(53-31-25-44(26-32-53)46-20-12-21-47(35-46)56-39-48-19-10-11-22-55(48)58-56)54-33-27-45(28-34-54)51-37-49(41-15-6-2-7-16-41)36-50(38-51)42-17-8-3-9-18-42/h1-39H. The summed E-state index contributed by atoms with van der Waals surface area (Å²) in [5, 5.41) is 1.11. The van der Waals surface area contributed by atoms with Gasteiger partial charge in [0.05, 0.1) is 0 Å². The van der Waals surface area contributed by atoms with Gasteiger partial charge in [0.25, 0.3) is 0 Å². The van der Waals surface area contributed by atoms with Gasteiger partial charge in [0.2, 0.25) is 0 Å². The molecule has 0 fully saturated rings. The fourth-order valence-corrected chi connectivity index (χ4v) is 7.85. The van der Waals surface area contributed by atoms with Crippen molar-refractivity contribution in [2.75, 3.05) is 4.90 Å². The zero-order valence-corrected chi connectivity index (χ0v) is 31.9. The Hall–Kier alpha value is -7.68. The third-order valence-electron chi connectivity index (χ3n) is 10.9. The summed E-state index contributed by atoms with van der Waals surface area (Å²) in [6, 6.07) is 84.3. The molecule has 2 heteroatoms. The molecular weight excluding hydrogens is 703 g/mol. The van der Waals surface area contributed by atoms with Gasteiger partial charge in [0.15, 0.2) is 0 Å². The molecule has 0 unspecified atom stereocenters. The van der Waals surface area contributed by atoms with Crippen LogP contribution in [-0.4, -0.2) is 0 Å². The quantitative estimate of drug-likeness (QED) is 0.146. The van der Waals surface area contributed by atoms with Gasteiger partial charge in [0.1, 0.15) is 11.3 Å². The van der Waals surface area contributed by atoms with E-state index in [1.54, 1.807) is 0 Å². The van der Waals surface area contributed by atoms with Gasteiger partial charge < -0.3 is 9.32 Å². The van der Waals surface area contributed by atoms with Crippen LogP contribution in [0.2, 0.25) is 0 Å². The molecule has 274 valence electrons. The Labute approximate surface area is 339 Å². The lowest BCUT2D eigenvalue weighted by Crippen LogP contribution is -2.09. The molecule has 2 nitrogen and oxygen atoms in total. The van der Waals surface area contributed by atoms with E-state index in [0.717, 1.165) is 56.0 Å². The van der Waals surface area contributed by atoms with Gasteiger partial charge in [-0.3, -0.25) is 0 Å². The summed E-state index contributed by atoms with van der Waals surface area (Å²) in [5.74, 6) is 0.872. The van der Waals surface area contributed by atoms with Crippen LogP contribution in [0.4, 0.5) is 17.1 Å². The number of hydrogen-bond donors (Lipinski definition) is 0. The van der Waals surface area contributed by atoms with Crippen LogP contribution in [0.1, 0.15) is 0 Å². The highest BCUT2D eigenvalue weighted by Gasteiger charge is 2.15. The lowest BCUT2D eigenvalue weighted by Gasteiger charge is -2.26. The van der Waals surface area contributed by atoms with Crippen molar-refractivity contribution in [3.05, 3.63) is 237 Å². The van der Waals surface area contributed by atoms with Crippen molar-refractivity contribution in [3.8, 4) is 67.0 Å². The minimum Gasteiger partial charge on any atom is -0.456 e. The minimum atomic E-state index is 0.872. The molecule has 0 aliphatic rings. The second-order valence-electron chi connectivity index (χ2n) is 14.6. The molecule has 1 heterocycles. The van der Waals surface area contributed by atoms with E-state index in [2.05, 4.69) is 223 Å². The first-order chi connectivity index (χ1) is 28.7. The molecule has 0 saturated carbocycles. The first-order valence-corrected chi connectivity index (χ1v) is 19.7. The van der Waals surface area contributed by atoms with Crippen LogP contribution in [0.5, 0.6) is 0 Å². The van der Waals surface area contributed by atoms with Crippen molar-refractivity contribution in [2.24, 2.45) is 0 Å². The molecule has 10 rings (SSSR count). The second kappa shape index (κ2) is 15.5. The predicted octanol–water partition coefficient (Wildman–Crippen LogP) is 15.9. The third kappa shape index (κ3) is 7.11. The van der Waals surface area contributed by atoms with Crippen molar-refractivity contribution >= 4 is 28.0 Å². The molecule has 0 radical (unpaired) electrons. The molecule has 0 atom stereocenters. The number of hydrogen-bond acceptors (Lipinski definition) is 2. The van der Waals surface area contributed by atoms with E-state index in [4.69, 9.17) is 4.42 Å². The Bertz CT molecular complexity index is 2860. The number of benzene rings is 9. The Morgan fingerprint density at radius 2 is 0.586 bits per heavy atom. The third-order valence-corrected chi connectivity index (χ3v) is 10.9. The van der Waals surface area contributed by atoms with E-state index in [1.165, 1.54) is 38.9 Å². The van der Waals surface area contributed by atoms with E-state index in [9.17, 15) is 0 Å². The van der Waals surface area contributed by atoms with Crippen molar-refractivity contribution in [3.63, 3.8) is 0 Å². The number of rotatable bonds is 9. The number of anilines is 3. The zero-order valence-electron chi connectivity index (χ0n) is 31.9. The summed E-state index contributed by atoms with van der Waals surface area (Å²) in [6.07, 6.45) is 0. The van der Waals surface area contributed by atoms with E-state index in [-0.39, 0.29) is 0 Å². The minimum absolute atomic E-state index is 0.872. The number of nitrogens with zero attached hydrogens (tertiary/aromatic N) is 1. The van der Waals surface area contributed by atoms with E-state index >= 15 is 0 Å². The van der Waals surface area contributed by atoms with Gasteiger partial charge in [-0.15, -0.1) is 0 Å². The summed E-state index contributed by atoms with van der Waals surface area (Å²) in [7, 11) is 0. The Morgan fingerprint density at radius 1 is 0.241 bits per heavy atom. The predicted molar refractivity (Wildman–Crippen MR) is 244 cm³/mol. The van der Waals surface area contributed by atoms with Gasteiger partial charge in [0, 0.05) is 28.0 Å². The number of fused-ring (bicyclic) bond motifs is 1. The molecule has 0 amide bonds. The fourth-order valence-electron chi connectivity index (χ4n) is 7.85. The van der Waals surface area contributed by atoms with Crippen LogP contribution >= 0.6 is 0 Å². The van der Waals surface area contributed by atoms with Crippen molar-refractivity contribution in [1.29, 1.82) is 0 Å². The van der Waals surface area contributed by atoms with E-state index < -0.39 is 0 Å². The molecule has 10 aromatic rings. The summed E-state index contributed by atoms with van der Waals surface area (Å²) < 4.78 is 6.21. The molecule has 9 aromatic carbocycles. The molecular formula is C56H39NO. The lowest BCUT2D eigenvalue weighted by atomic mass is 9.93. The van der Waals surface area contributed by atoms with Gasteiger partial charge in [-0.1, -0.05) is 164 Å². The van der Waals surface area contributed by atoms with Crippen LogP contribution in [0.25, 0.3) is 77.9 Å². The Balaban J connectivity index is 1.01. The van der Waals surface area contributed by atoms with Gasteiger partial charge in [-0.2, -0.15) is 0 Å². The van der Waals surface area contributed by atoms with Crippen LogP contribution in [0.15, 0.2) is 241 Å². The van der Waals surface area contributed by atoms with Gasteiger partial charge in [-0.25, -0.2) is 0 Å². The number of para-hydroxylation sites is 1. The first kappa shape index (κ1) is 34.8. The van der Waals surface area contributed by atoms with Crippen molar-refractivity contribution in [2.45, 2.75) is 0 Å². The zero-order chi connectivity index (χ0) is 38.7. The second-order valence-corrected chi connectivity index (χ2v) is 14.6. The molecule has 0 saturated heterocycles. The highest BCUT2D eigenvalue weighted by Crippen LogP contribution is 2.39. The van der Waals surface area contributed by atoms with Crippen LogP contribution in [0.3, 0.4) is 0 Å². The van der Waals surface area contributed by atoms with E-state index in [1.807, 2.05) is 18.2 Å². The van der Waals surface area contributed by atoms with Crippen LogP contribution in [-0.2, 0) is 0 Å². The molecule has 0 aliphatic carbocycles. The van der Waals surface area contributed by atoms with E-state index in [0.29, 0.717) is 0 Å². The Morgan fingerprint density at radius 3 is 1.07 bits per heavy atom. The summed E-state index contributed by atoms with van der Waals surface area (Å²) in [6.45, 7) is 0. The normalized spacial score (nSPS) is 11.1. The molecule has 58 heavy (non-hydrogen) atoms. The average molecular weight is 742 g/mol. The maximum Gasteiger partial charge on any atom is 0.135 e. The topological polar surface area (TPSA) is 16.4 Å². The Kier molecular flexibility index (Phi) is 9.27. The summed E-state index contributed by atoms with van der Waals surface area (Å²) >= 11 is 0. The SMILES string of the molecule is c1ccc(-c2ccc(N(c3ccc(-c4cc(-c5ccccc5)cc(-c5ccccc5)c4)cc3)c3ccc(-c4cccc(-c5cc6ccccc6o5)c4)cc3)cc2)cc1. The largest absolute Gasteiger partial charge is 0.456 e. The maximum absolute atomic E-state index is 6.21. The molecule has 1 aromatic heterocycles. The highest BCUT2D eigenvalue weighted by molar-refractivity contribution is 5.86. The van der Waals surface area contributed by atoms with Gasteiger partial charge >= 0.3 is 0 Å². The van der Waals surface area contributed by atoms with Crippen molar-refractivity contribution in [1.82, 2.24) is 0 Å². The van der Waals surface area contributed by atoms with Crippen molar-refractivity contribution < 1.29 is 4.42 Å². The molecule has 0 spiro atoms.